The molecule has 0 amide bonds. The van der Waals surface area contributed by atoms with Crippen LogP contribution in [0, 0.1) is 6.92 Å². The minimum atomic E-state index is 0.339. The molecule has 0 spiro atoms. The van der Waals surface area contributed by atoms with Crippen molar-refractivity contribution in [2.24, 2.45) is 0 Å². The summed E-state index contributed by atoms with van der Waals surface area (Å²) >= 11 is 3.49. The molecule has 3 heteroatoms. The lowest BCUT2D eigenvalue weighted by Crippen LogP contribution is -2.19. The van der Waals surface area contributed by atoms with Gasteiger partial charge >= 0.3 is 0 Å². The van der Waals surface area contributed by atoms with Crippen molar-refractivity contribution >= 4 is 21.6 Å². The highest BCUT2D eigenvalue weighted by molar-refractivity contribution is 9.10. The fourth-order valence-corrected chi connectivity index (χ4v) is 2.78. The highest BCUT2D eigenvalue weighted by Gasteiger charge is 2.09. The number of methoxy groups -OCH3 is 1. The van der Waals surface area contributed by atoms with Gasteiger partial charge in [-0.3, -0.25) is 0 Å². The predicted octanol–water partition coefficient (Wildman–Crippen LogP) is 4.81. The third-order valence-corrected chi connectivity index (χ3v) is 3.80. The summed E-state index contributed by atoms with van der Waals surface area (Å²) in [5.41, 5.74) is 3.65. The average molecular weight is 334 g/mol. The molecular formula is C17H20BrNO. The van der Waals surface area contributed by atoms with Crippen molar-refractivity contribution in [3.05, 3.63) is 58.1 Å². The van der Waals surface area contributed by atoms with Crippen molar-refractivity contribution in [2.45, 2.75) is 26.3 Å². The fraction of sp³-hybridized carbons (Fsp3) is 0.294. The second kappa shape index (κ2) is 6.80. The molecule has 0 aliphatic rings. The van der Waals surface area contributed by atoms with Crippen LogP contribution in [-0.2, 0) is 6.42 Å². The van der Waals surface area contributed by atoms with E-state index in [1.54, 1.807) is 7.11 Å². The second-order valence-corrected chi connectivity index (χ2v) is 5.94. The minimum absolute atomic E-state index is 0.339. The summed E-state index contributed by atoms with van der Waals surface area (Å²) in [6.45, 7) is 4.30. The van der Waals surface area contributed by atoms with E-state index >= 15 is 0 Å². The molecule has 0 heterocycles. The zero-order chi connectivity index (χ0) is 14.5. The SMILES string of the molecule is COc1ccccc1CC(C)Nc1ccc(Br)cc1C. The maximum atomic E-state index is 5.40. The van der Waals surface area contributed by atoms with Gasteiger partial charge in [0, 0.05) is 16.2 Å². The van der Waals surface area contributed by atoms with Crippen molar-refractivity contribution in [3.8, 4) is 5.75 Å². The van der Waals surface area contributed by atoms with E-state index in [-0.39, 0.29) is 0 Å². The lowest BCUT2D eigenvalue weighted by molar-refractivity contribution is 0.409. The molecule has 2 rings (SSSR count). The van der Waals surface area contributed by atoms with Crippen LogP contribution in [0.4, 0.5) is 5.69 Å². The van der Waals surface area contributed by atoms with Crippen LogP contribution in [0.1, 0.15) is 18.1 Å². The summed E-state index contributed by atoms with van der Waals surface area (Å²) in [6.07, 6.45) is 0.930. The standard InChI is InChI=1S/C17H20BrNO/c1-12-10-15(18)8-9-16(12)19-13(2)11-14-6-4-5-7-17(14)20-3/h4-10,13,19H,11H2,1-3H3. The number of hydrogen-bond acceptors (Lipinski definition) is 2. The van der Waals surface area contributed by atoms with E-state index in [1.807, 2.05) is 12.1 Å². The maximum Gasteiger partial charge on any atom is 0.122 e. The average Bonchev–Trinajstić information content (AvgIpc) is 2.42. The molecule has 2 nitrogen and oxygen atoms in total. The first-order valence-corrected chi connectivity index (χ1v) is 7.54. The van der Waals surface area contributed by atoms with Crippen molar-refractivity contribution in [3.63, 3.8) is 0 Å². The van der Waals surface area contributed by atoms with Crippen LogP contribution in [0.3, 0.4) is 0 Å². The third kappa shape index (κ3) is 3.76. The van der Waals surface area contributed by atoms with Gasteiger partial charge in [0.1, 0.15) is 5.75 Å². The van der Waals surface area contributed by atoms with Gasteiger partial charge in [0.2, 0.25) is 0 Å². The largest absolute Gasteiger partial charge is 0.496 e. The Hall–Kier alpha value is -1.48. The van der Waals surface area contributed by atoms with Gasteiger partial charge < -0.3 is 10.1 Å². The Balaban J connectivity index is 2.07. The number of halogens is 1. The summed E-state index contributed by atoms with van der Waals surface area (Å²) in [4.78, 5) is 0. The highest BCUT2D eigenvalue weighted by atomic mass is 79.9. The molecule has 0 saturated heterocycles. The van der Waals surface area contributed by atoms with Gasteiger partial charge in [-0.1, -0.05) is 34.1 Å². The van der Waals surface area contributed by atoms with E-state index in [9.17, 15) is 0 Å². The molecule has 0 saturated carbocycles. The third-order valence-electron chi connectivity index (χ3n) is 3.31. The second-order valence-electron chi connectivity index (χ2n) is 5.02. The summed E-state index contributed by atoms with van der Waals surface area (Å²) in [5.74, 6) is 0.952. The molecule has 0 bridgehead atoms. The van der Waals surface area contributed by atoms with Crippen LogP contribution in [-0.4, -0.2) is 13.2 Å². The van der Waals surface area contributed by atoms with Gasteiger partial charge in [0.05, 0.1) is 7.11 Å². The molecule has 1 atom stereocenters. The Kier molecular flexibility index (Phi) is 5.07. The lowest BCUT2D eigenvalue weighted by Gasteiger charge is -2.18. The Morgan fingerprint density at radius 1 is 1.20 bits per heavy atom. The van der Waals surface area contributed by atoms with E-state index in [4.69, 9.17) is 4.74 Å². The smallest absolute Gasteiger partial charge is 0.122 e. The number of anilines is 1. The Morgan fingerprint density at radius 2 is 1.95 bits per heavy atom. The number of ether oxygens (including phenoxy) is 1. The fourth-order valence-electron chi connectivity index (χ4n) is 2.31. The monoisotopic (exact) mass is 333 g/mol. The van der Waals surface area contributed by atoms with E-state index in [2.05, 4.69) is 65.4 Å². The highest BCUT2D eigenvalue weighted by Crippen LogP contribution is 2.23. The van der Waals surface area contributed by atoms with Crippen LogP contribution < -0.4 is 10.1 Å². The summed E-state index contributed by atoms with van der Waals surface area (Å²) in [5, 5.41) is 3.56. The molecule has 0 radical (unpaired) electrons. The molecule has 0 fully saturated rings. The topological polar surface area (TPSA) is 21.3 Å². The Morgan fingerprint density at radius 3 is 2.65 bits per heavy atom. The first kappa shape index (κ1) is 14.9. The van der Waals surface area contributed by atoms with E-state index in [0.29, 0.717) is 6.04 Å². The van der Waals surface area contributed by atoms with Crippen molar-refractivity contribution < 1.29 is 4.74 Å². The molecular weight excluding hydrogens is 314 g/mol. The first-order chi connectivity index (χ1) is 9.60. The zero-order valence-corrected chi connectivity index (χ0v) is 13.7. The summed E-state index contributed by atoms with van der Waals surface area (Å²) < 4.78 is 6.51. The van der Waals surface area contributed by atoms with Gasteiger partial charge in [0.25, 0.3) is 0 Å². The van der Waals surface area contributed by atoms with Crippen molar-refractivity contribution in [2.75, 3.05) is 12.4 Å². The van der Waals surface area contributed by atoms with Gasteiger partial charge in [-0.25, -0.2) is 0 Å². The van der Waals surface area contributed by atoms with Gasteiger partial charge in [0.15, 0.2) is 0 Å². The van der Waals surface area contributed by atoms with Crippen LogP contribution in [0.25, 0.3) is 0 Å². The molecule has 1 unspecified atom stereocenters. The molecule has 0 aliphatic carbocycles. The number of para-hydroxylation sites is 1. The molecule has 0 aliphatic heterocycles. The molecule has 2 aromatic rings. The van der Waals surface area contributed by atoms with E-state index < -0.39 is 0 Å². The van der Waals surface area contributed by atoms with Gasteiger partial charge in [-0.2, -0.15) is 0 Å². The van der Waals surface area contributed by atoms with Crippen LogP contribution in [0.2, 0.25) is 0 Å². The molecule has 20 heavy (non-hydrogen) atoms. The van der Waals surface area contributed by atoms with Crippen LogP contribution >= 0.6 is 15.9 Å². The number of benzene rings is 2. The normalized spacial score (nSPS) is 12.0. The number of rotatable bonds is 5. The van der Waals surface area contributed by atoms with Gasteiger partial charge in [-0.15, -0.1) is 0 Å². The molecule has 1 N–H and O–H groups in total. The quantitative estimate of drug-likeness (QED) is 0.847. The van der Waals surface area contributed by atoms with Crippen molar-refractivity contribution in [1.29, 1.82) is 0 Å². The van der Waals surface area contributed by atoms with E-state index in [0.717, 1.165) is 16.6 Å². The predicted molar refractivity (Wildman–Crippen MR) is 88.7 cm³/mol. The number of aryl methyl sites for hydroxylation is 1. The summed E-state index contributed by atoms with van der Waals surface area (Å²) in [6, 6.07) is 14.8. The molecule has 0 aromatic heterocycles. The van der Waals surface area contributed by atoms with Crippen molar-refractivity contribution in [1.82, 2.24) is 0 Å². The van der Waals surface area contributed by atoms with Crippen LogP contribution in [0.5, 0.6) is 5.75 Å². The lowest BCUT2D eigenvalue weighted by atomic mass is 10.1. The van der Waals surface area contributed by atoms with Gasteiger partial charge in [-0.05, 0) is 55.7 Å². The molecule has 106 valence electrons. The minimum Gasteiger partial charge on any atom is -0.496 e. The Bertz CT molecular complexity index is 583. The zero-order valence-electron chi connectivity index (χ0n) is 12.1. The number of nitrogens with one attached hydrogen (secondary N) is 1. The summed E-state index contributed by atoms with van der Waals surface area (Å²) in [7, 11) is 1.72. The molecule has 2 aromatic carbocycles. The van der Waals surface area contributed by atoms with Crippen LogP contribution in [0.15, 0.2) is 46.9 Å². The first-order valence-electron chi connectivity index (χ1n) is 6.74. The number of hydrogen-bond donors (Lipinski definition) is 1. The van der Waals surface area contributed by atoms with E-state index in [1.165, 1.54) is 16.8 Å². The Labute approximate surface area is 129 Å². The maximum absolute atomic E-state index is 5.40.